The van der Waals surface area contributed by atoms with Crippen LogP contribution in [-0.4, -0.2) is 45.9 Å². The molecule has 0 aliphatic carbocycles. The van der Waals surface area contributed by atoms with Crippen LogP contribution in [0.25, 0.3) is 0 Å². The highest BCUT2D eigenvalue weighted by molar-refractivity contribution is 7.91. The normalized spacial score (nSPS) is 13.8. The monoisotopic (exact) mass is 414 g/mol. The first kappa shape index (κ1) is 20.9. The van der Waals surface area contributed by atoms with Gasteiger partial charge in [0.25, 0.3) is 10.0 Å². The summed E-state index contributed by atoms with van der Waals surface area (Å²) in [6.07, 6.45) is 0. The second-order valence-electron chi connectivity index (χ2n) is 6.04. The molecular formula is C17H26N4O2S3. The number of sulfonamides is 1. The number of nitrogens with one attached hydrogen (secondary N) is 2. The zero-order chi connectivity index (χ0) is 19.2. The van der Waals surface area contributed by atoms with Gasteiger partial charge in [0.2, 0.25) is 0 Å². The van der Waals surface area contributed by atoms with Crippen molar-refractivity contribution in [2.24, 2.45) is 4.99 Å². The van der Waals surface area contributed by atoms with Crippen LogP contribution in [0.1, 0.15) is 30.2 Å². The van der Waals surface area contributed by atoms with Gasteiger partial charge in [-0.1, -0.05) is 6.92 Å². The van der Waals surface area contributed by atoms with Gasteiger partial charge in [-0.2, -0.15) is 11.3 Å². The van der Waals surface area contributed by atoms with Gasteiger partial charge in [-0.25, -0.2) is 17.7 Å². The fourth-order valence-electron chi connectivity index (χ4n) is 2.18. The number of rotatable bonds is 8. The van der Waals surface area contributed by atoms with E-state index in [1.54, 1.807) is 17.4 Å². The molecule has 2 heterocycles. The molecule has 0 fully saturated rings. The second kappa shape index (κ2) is 9.50. The molecule has 1 unspecified atom stereocenters. The summed E-state index contributed by atoms with van der Waals surface area (Å²) in [6.45, 7) is 6.19. The average molecular weight is 415 g/mol. The van der Waals surface area contributed by atoms with Crippen LogP contribution in [0, 0.1) is 0 Å². The molecule has 26 heavy (non-hydrogen) atoms. The van der Waals surface area contributed by atoms with Gasteiger partial charge < -0.3 is 10.6 Å². The van der Waals surface area contributed by atoms with E-state index in [-0.39, 0.29) is 0 Å². The van der Waals surface area contributed by atoms with Gasteiger partial charge in [-0.3, -0.25) is 0 Å². The summed E-state index contributed by atoms with van der Waals surface area (Å²) in [7, 11) is -0.305. The van der Waals surface area contributed by atoms with Crippen molar-refractivity contribution in [1.29, 1.82) is 0 Å². The molecule has 2 aromatic heterocycles. The highest BCUT2D eigenvalue weighted by atomic mass is 32.2. The van der Waals surface area contributed by atoms with Crippen LogP contribution >= 0.6 is 22.7 Å². The lowest BCUT2D eigenvalue weighted by atomic mass is 10.1. The van der Waals surface area contributed by atoms with Crippen molar-refractivity contribution in [2.45, 2.75) is 30.5 Å². The van der Waals surface area contributed by atoms with Crippen LogP contribution in [0.5, 0.6) is 0 Å². The Balaban J connectivity index is 1.99. The summed E-state index contributed by atoms with van der Waals surface area (Å²) in [6, 6.07) is 5.60. The number of thiophene rings is 2. The minimum Gasteiger partial charge on any atom is -0.357 e. The zero-order valence-corrected chi connectivity index (χ0v) is 18.0. The number of guanidine groups is 1. The van der Waals surface area contributed by atoms with Crippen LogP contribution in [0.2, 0.25) is 0 Å². The van der Waals surface area contributed by atoms with E-state index in [9.17, 15) is 8.42 Å². The van der Waals surface area contributed by atoms with Crippen molar-refractivity contribution in [3.63, 3.8) is 0 Å². The maximum Gasteiger partial charge on any atom is 0.252 e. The van der Waals surface area contributed by atoms with Crippen LogP contribution in [-0.2, 0) is 16.6 Å². The lowest BCUT2D eigenvalue weighted by molar-refractivity contribution is 0.523. The van der Waals surface area contributed by atoms with Crippen LogP contribution < -0.4 is 10.6 Å². The molecule has 144 valence electrons. The molecule has 6 nitrogen and oxygen atoms in total. The van der Waals surface area contributed by atoms with Crippen LogP contribution in [0.4, 0.5) is 0 Å². The van der Waals surface area contributed by atoms with Gasteiger partial charge in [-0.05, 0) is 47.4 Å². The molecule has 0 spiro atoms. The first-order valence-corrected chi connectivity index (χ1v) is 11.6. The van der Waals surface area contributed by atoms with Crippen molar-refractivity contribution in [1.82, 2.24) is 14.9 Å². The van der Waals surface area contributed by atoms with E-state index in [4.69, 9.17) is 0 Å². The Morgan fingerprint density at radius 1 is 1.27 bits per heavy atom. The third-order valence-electron chi connectivity index (χ3n) is 3.80. The number of hydrogen-bond acceptors (Lipinski definition) is 5. The molecule has 0 bridgehead atoms. The van der Waals surface area contributed by atoms with Gasteiger partial charge in [0.15, 0.2) is 5.96 Å². The van der Waals surface area contributed by atoms with Gasteiger partial charge in [0.1, 0.15) is 4.21 Å². The van der Waals surface area contributed by atoms with E-state index in [1.165, 1.54) is 35.3 Å². The molecule has 0 aliphatic rings. The maximum atomic E-state index is 12.2. The Morgan fingerprint density at radius 2 is 2.04 bits per heavy atom. The Labute approximate surface area is 164 Å². The quantitative estimate of drug-likeness (QED) is 0.514. The Morgan fingerprint density at radius 3 is 2.65 bits per heavy atom. The molecule has 0 radical (unpaired) electrons. The molecule has 0 saturated carbocycles. The smallest absolute Gasteiger partial charge is 0.252 e. The van der Waals surface area contributed by atoms with Crippen molar-refractivity contribution in [2.75, 3.05) is 27.2 Å². The van der Waals surface area contributed by atoms with Crippen molar-refractivity contribution in [3.05, 3.63) is 39.4 Å². The molecule has 0 amide bonds. The Kier molecular flexibility index (Phi) is 7.63. The number of aliphatic imine (C=N–C) groups is 1. The van der Waals surface area contributed by atoms with E-state index >= 15 is 0 Å². The highest BCUT2D eigenvalue weighted by Gasteiger charge is 2.19. The molecule has 1 atom stereocenters. The summed E-state index contributed by atoms with van der Waals surface area (Å²) >= 11 is 2.96. The fraction of sp³-hybridized carbons (Fsp3) is 0.471. The predicted octanol–water partition coefficient (Wildman–Crippen LogP) is 2.92. The summed E-state index contributed by atoms with van der Waals surface area (Å²) in [5.41, 5.74) is 1.31. The fourth-order valence-corrected chi connectivity index (χ4v) is 5.41. The van der Waals surface area contributed by atoms with Crippen molar-refractivity contribution in [3.8, 4) is 0 Å². The highest BCUT2D eigenvalue weighted by Crippen LogP contribution is 2.24. The minimum atomic E-state index is -3.38. The molecule has 0 saturated heterocycles. The zero-order valence-electron chi connectivity index (χ0n) is 15.5. The minimum absolute atomic E-state index is 0.344. The molecule has 0 aliphatic heterocycles. The van der Waals surface area contributed by atoms with Crippen LogP contribution in [0.3, 0.4) is 0 Å². The van der Waals surface area contributed by atoms with Crippen molar-refractivity contribution < 1.29 is 8.42 Å². The van der Waals surface area contributed by atoms with E-state index < -0.39 is 10.0 Å². The van der Waals surface area contributed by atoms with E-state index in [0.717, 1.165) is 23.9 Å². The van der Waals surface area contributed by atoms with Gasteiger partial charge in [0.05, 0.1) is 6.54 Å². The standard InChI is InChI=1S/C17H26N4O2S3/c1-5-18-17(19-10-13(2)14-8-9-24-12-14)20-11-15-6-7-16(25-15)26(22,23)21(3)4/h6-9,12-13H,5,10-11H2,1-4H3,(H2,18,19,20). The van der Waals surface area contributed by atoms with Gasteiger partial charge in [-0.15, -0.1) is 11.3 Å². The van der Waals surface area contributed by atoms with Gasteiger partial charge >= 0.3 is 0 Å². The molecule has 2 N–H and O–H groups in total. The third kappa shape index (κ3) is 5.54. The summed E-state index contributed by atoms with van der Waals surface area (Å²) in [5, 5.41) is 10.8. The summed E-state index contributed by atoms with van der Waals surface area (Å²) in [4.78, 5) is 5.49. The largest absolute Gasteiger partial charge is 0.357 e. The third-order valence-corrected chi connectivity index (χ3v) is 7.85. The number of nitrogens with zero attached hydrogens (tertiary/aromatic N) is 2. The summed E-state index contributed by atoms with van der Waals surface area (Å²) < 4.78 is 25.9. The molecule has 0 aromatic carbocycles. The van der Waals surface area contributed by atoms with Gasteiger partial charge in [0, 0.05) is 32.1 Å². The lowest BCUT2D eigenvalue weighted by Gasteiger charge is -2.15. The SMILES string of the molecule is CCNC(=NCc1ccc(S(=O)(=O)N(C)C)s1)NCC(C)c1ccsc1. The average Bonchev–Trinajstić information content (AvgIpc) is 3.28. The Hall–Kier alpha value is -1.42. The molecule has 2 rings (SSSR count). The number of hydrogen-bond donors (Lipinski definition) is 2. The van der Waals surface area contributed by atoms with Crippen molar-refractivity contribution >= 4 is 38.7 Å². The summed E-state index contributed by atoms with van der Waals surface area (Å²) in [5.74, 6) is 1.13. The molecule has 9 heteroatoms. The van der Waals surface area contributed by atoms with E-state index in [1.807, 2.05) is 13.0 Å². The topological polar surface area (TPSA) is 73.8 Å². The van der Waals surface area contributed by atoms with E-state index in [0.29, 0.717) is 16.7 Å². The lowest BCUT2D eigenvalue weighted by Crippen LogP contribution is -2.39. The molecular weight excluding hydrogens is 388 g/mol. The maximum absolute atomic E-state index is 12.2. The van der Waals surface area contributed by atoms with Crippen LogP contribution in [0.15, 0.2) is 38.2 Å². The Bertz CT molecular complexity index is 811. The predicted molar refractivity (Wildman–Crippen MR) is 111 cm³/mol. The first-order valence-electron chi connectivity index (χ1n) is 8.40. The van der Waals surface area contributed by atoms with E-state index in [2.05, 4.69) is 39.4 Å². The first-order chi connectivity index (χ1) is 12.3. The molecule has 2 aromatic rings. The second-order valence-corrected chi connectivity index (χ2v) is 10.4.